The number of nitrogens with one attached hydrogen (secondary N) is 1. The standard InChI is InChI=1S/C15H12Cl2F3NO3S/c1-24-11-5-6-12(14(17)13(11)16)25(22,23)21-8-9-3-2-4-10(7-9)15(18,19)20/h2-7,21H,8H2,1H3. The molecule has 2 rings (SSSR count). The summed E-state index contributed by atoms with van der Waals surface area (Å²) in [5.41, 5.74) is -0.719. The van der Waals surface area contributed by atoms with Crippen LogP contribution >= 0.6 is 23.2 Å². The van der Waals surface area contributed by atoms with Gasteiger partial charge >= 0.3 is 6.18 Å². The lowest BCUT2D eigenvalue weighted by Gasteiger charge is -2.12. The average Bonchev–Trinajstić information content (AvgIpc) is 2.55. The molecule has 4 nitrogen and oxygen atoms in total. The average molecular weight is 414 g/mol. The summed E-state index contributed by atoms with van der Waals surface area (Å²) in [5, 5.41) is -0.316. The van der Waals surface area contributed by atoms with Crippen molar-refractivity contribution < 1.29 is 26.3 Å². The molecule has 0 spiro atoms. The molecule has 25 heavy (non-hydrogen) atoms. The van der Waals surface area contributed by atoms with E-state index in [1.807, 2.05) is 0 Å². The van der Waals surface area contributed by atoms with Crippen molar-refractivity contribution in [1.82, 2.24) is 4.72 Å². The van der Waals surface area contributed by atoms with E-state index in [4.69, 9.17) is 27.9 Å². The summed E-state index contributed by atoms with van der Waals surface area (Å²) >= 11 is 11.9. The summed E-state index contributed by atoms with van der Waals surface area (Å²) in [6.45, 7) is -0.341. The summed E-state index contributed by atoms with van der Waals surface area (Å²) in [7, 11) is -2.74. The Morgan fingerprint density at radius 3 is 2.40 bits per heavy atom. The van der Waals surface area contributed by atoms with E-state index in [9.17, 15) is 21.6 Å². The Morgan fingerprint density at radius 1 is 1.12 bits per heavy atom. The zero-order valence-corrected chi connectivity index (χ0v) is 15.0. The fourth-order valence-electron chi connectivity index (χ4n) is 1.99. The predicted octanol–water partition coefficient (Wildman–Crippen LogP) is 4.50. The van der Waals surface area contributed by atoms with Gasteiger partial charge in [0.15, 0.2) is 0 Å². The molecule has 0 amide bonds. The quantitative estimate of drug-likeness (QED) is 0.784. The van der Waals surface area contributed by atoms with Crippen LogP contribution in [-0.2, 0) is 22.7 Å². The largest absolute Gasteiger partial charge is 0.495 e. The Morgan fingerprint density at radius 2 is 1.80 bits per heavy atom. The molecule has 0 aromatic heterocycles. The van der Waals surface area contributed by atoms with E-state index in [1.54, 1.807) is 0 Å². The third kappa shape index (κ3) is 4.58. The maximum absolute atomic E-state index is 12.7. The predicted molar refractivity (Wildman–Crippen MR) is 88.5 cm³/mol. The molecule has 0 heterocycles. The molecule has 2 aromatic carbocycles. The van der Waals surface area contributed by atoms with Crippen molar-refractivity contribution in [3.05, 3.63) is 57.6 Å². The topological polar surface area (TPSA) is 55.4 Å². The normalized spacial score (nSPS) is 12.2. The fraction of sp³-hybridized carbons (Fsp3) is 0.200. The second-order valence-corrected chi connectivity index (χ2v) is 7.41. The smallest absolute Gasteiger partial charge is 0.416 e. The van der Waals surface area contributed by atoms with Gasteiger partial charge in [0.1, 0.15) is 15.7 Å². The summed E-state index contributed by atoms with van der Waals surface area (Å²) in [4.78, 5) is -0.299. The van der Waals surface area contributed by atoms with Crippen molar-refractivity contribution in [3.8, 4) is 5.75 Å². The SMILES string of the molecule is COc1ccc(S(=O)(=O)NCc2cccc(C(F)(F)F)c2)c(Cl)c1Cl. The van der Waals surface area contributed by atoms with E-state index < -0.39 is 21.8 Å². The minimum atomic E-state index is -4.51. The van der Waals surface area contributed by atoms with Crippen LogP contribution in [0.4, 0.5) is 13.2 Å². The molecule has 2 aromatic rings. The van der Waals surface area contributed by atoms with Gasteiger partial charge in [0.05, 0.1) is 17.7 Å². The third-order valence-electron chi connectivity index (χ3n) is 3.24. The van der Waals surface area contributed by atoms with Crippen molar-refractivity contribution in [2.75, 3.05) is 7.11 Å². The van der Waals surface area contributed by atoms with Crippen LogP contribution in [0.15, 0.2) is 41.3 Å². The Bertz CT molecular complexity index is 886. The molecular formula is C15H12Cl2F3NO3S. The molecule has 0 saturated carbocycles. The van der Waals surface area contributed by atoms with Gasteiger partial charge in [-0.1, -0.05) is 41.4 Å². The van der Waals surface area contributed by atoms with Crippen LogP contribution in [0.1, 0.15) is 11.1 Å². The van der Waals surface area contributed by atoms with Crippen LogP contribution in [0, 0.1) is 0 Å². The highest BCUT2D eigenvalue weighted by Crippen LogP contribution is 2.36. The van der Waals surface area contributed by atoms with Crippen molar-refractivity contribution in [2.45, 2.75) is 17.6 Å². The van der Waals surface area contributed by atoms with Crippen LogP contribution in [0.2, 0.25) is 10.0 Å². The highest BCUT2D eigenvalue weighted by atomic mass is 35.5. The lowest BCUT2D eigenvalue weighted by molar-refractivity contribution is -0.137. The third-order valence-corrected chi connectivity index (χ3v) is 5.66. The van der Waals surface area contributed by atoms with Gasteiger partial charge in [0.2, 0.25) is 10.0 Å². The number of alkyl halides is 3. The lowest BCUT2D eigenvalue weighted by atomic mass is 10.1. The van der Waals surface area contributed by atoms with E-state index in [-0.39, 0.29) is 32.8 Å². The Hall–Kier alpha value is -1.48. The van der Waals surface area contributed by atoms with Crippen molar-refractivity contribution in [2.24, 2.45) is 0 Å². The first-order chi connectivity index (χ1) is 11.6. The molecule has 0 bridgehead atoms. The zero-order chi connectivity index (χ0) is 18.8. The molecule has 0 fully saturated rings. The summed E-state index contributed by atoms with van der Waals surface area (Å²) in [5.74, 6) is 0.198. The number of sulfonamides is 1. The highest BCUT2D eigenvalue weighted by molar-refractivity contribution is 7.89. The highest BCUT2D eigenvalue weighted by Gasteiger charge is 2.30. The number of hydrogen-bond donors (Lipinski definition) is 1. The Labute approximate surface area is 152 Å². The second kappa shape index (κ2) is 7.41. The van der Waals surface area contributed by atoms with Crippen molar-refractivity contribution in [3.63, 3.8) is 0 Å². The first kappa shape index (κ1) is 19.8. The van der Waals surface area contributed by atoms with Crippen molar-refractivity contribution >= 4 is 33.2 Å². The van der Waals surface area contributed by atoms with Gasteiger partial charge in [-0.2, -0.15) is 13.2 Å². The van der Waals surface area contributed by atoms with Crippen LogP contribution in [0.25, 0.3) is 0 Å². The second-order valence-electron chi connectivity index (χ2n) is 4.92. The van der Waals surface area contributed by atoms with Gasteiger partial charge < -0.3 is 4.74 Å². The number of rotatable bonds is 5. The minimum Gasteiger partial charge on any atom is -0.495 e. The number of halogens is 5. The Kier molecular flexibility index (Phi) is 5.88. The molecule has 0 unspecified atom stereocenters. The molecule has 0 aliphatic rings. The van der Waals surface area contributed by atoms with Gasteiger partial charge in [-0.15, -0.1) is 0 Å². The van der Waals surface area contributed by atoms with Gasteiger partial charge in [-0.3, -0.25) is 0 Å². The van der Waals surface area contributed by atoms with E-state index in [2.05, 4.69) is 4.72 Å². The lowest BCUT2D eigenvalue weighted by Crippen LogP contribution is -2.24. The summed E-state index contributed by atoms with van der Waals surface area (Å²) < 4.78 is 69.9. The summed E-state index contributed by atoms with van der Waals surface area (Å²) in [6.07, 6.45) is -4.51. The van der Waals surface area contributed by atoms with Gasteiger partial charge in [0.25, 0.3) is 0 Å². The Balaban J connectivity index is 2.25. The monoisotopic (exact) mass is 413 g/mol. The molecular weight excluding hydrogens is 402 g/mol. The molecule has 0 aliphatic carbocycles. The first-order valence-electron chi connectivity index (χ1n) is 6.74. The fourth-order valence-corrected chi connectivity index (χ4v) is 3.85. The summed E-state index contributed by atoms with van der Waals surface area (Å²) in [6, 6.07) is 6.86. The molecule has 0 aliphatic heterocycles. The number of hydrogen-bond acceptors (Lipinski definition) is 3. The van der Waals surface area contributed by atoms with E-state index in [1.165, 1.54) is 31.4 Å². The van der Waals surface area contributed by atoms with Crippen LogP contribution in [0.3, 0.4) is 0 Å². The van der Waals surface area contributed by atoms with Crippen molar-refractivity contribution in [1.29, 1.82) is 0 Å². The van der Waals surface area contributed by atoms with E-state index >= 15 is 0 Å². The molecule has 136 valence electrons. The zero-order valence-electron chi connectivity index (χ0n) is 12.7. The van der Waals surface area contributed by atoms with Gasteiger partial charge in [0, 0.05) is 6.54 Å². The molecule has 1 N–H and O–H groups in total. The molecule has 0 radical (unpaired) electrons. The molecule has 0 saturated heterocycles. The van der Waals surface area contributed by atoms with Crippen LogP contribution in [0.5, 0.6) is 5.75 Å². The maximum atomic E-state index is 12.7. The first-order valence-corrected chi connectivity index (χ1v) is 8.98. The maximum Gasteiger partial charge on any atom is 0.416 e. The molecule has 10 heteroatoms. The van der Waals surface area contributed by atoms with Gasteiger partial charge in [-0.05, 0) is 23.8 Å². The van der Waals surface area contributed by atoms with Crippen LogP contribution in [-0.4, -0.2) is 15.5 Å². The number of benzene rings is 2. The minimum absolute atomic E-state index is 0.0777. The van der Waals surface area contributed by atoms with Crippen LogP contribution < -0.4 is 9.46 Å². The number of ether oxygens (including phenoxy) is 1. The number of methoxy groups -OCH3 is 1. The van der Waals surface area contributed by atoms with E-state index in [0.717, 1.165) is 12.1 Å². The van der Waals surface area contributed by atoms with Gasteiger partial charge in [-0.25, -0.2) is 13.1 Å². The van der Waals surface area contributed by atoms with E-state index in [0.29, 0.717) is 0 Å². The molecule has 0 atom stereocenters.